The summed E-state index contributed by atoms with van der Waals surface area (Å²) in [6.45, 7) is 1.17. The molecule has 0 spiro atoms. The Balaban J connectivity index is 1.54. The van der Waals surface area contributed by atoms with E-state index in [-0.39, 0.29) is 32.7 Å². The van der Waals surface area contributed by atoms with Gasteiger partial charge in [-0.2, -0.15) is 5.10 Å². The molecule has 0 atom stereocenters. The maximum atomic E-state index is 12.6. The molecule has 0 fully saturated rings. The molecule has 2 aromatic carbocycles. The number of aromatic nitrogens is 2. The lowest BCUT2D eigenvalue weighted by atomic mass is 10.1. The molecule has 1 N–H and O–H groups in total. The van der Waals surface area contributed by atoms with Gasteiger partial charge >= 0.3 is 0 Å². The Morgan fingerprint density at radius 3 is 2.16 bits per heavy atom. The molecule has 0 saturated heterocycles. The highest BCUT2D eigenvalue weighted by Gasteiger charge is 2.37. The molecule has 0 aliphatic carbocycles. The van der Waals surface area contributed by atoms with Gasteiger partial charge < -0.3 is 5.32 Å². The maximum Gasteiger partial charge on any atom is 0.269 e. The van der Waals surface area contributed by atoms with Crippen LogP contribution in [0.25, 0.3) is 5.69 Å². The van der Waals surface area contributed by atoms with Crippen molar-refractivity contribution in [2.75, 3.05) is 11.9 Å². The summed E-state index contributed by atoms with van der Waals surface area (Å²) < 4.78 is 1.39. The van der Waals surface area contributed by atoms with Crippen molar-refractivity contribution in [3.63, 3.8) is 0 Å². The predicted molar refractivity (Wildman–Crippen MR) is 115 cm³/mol. The number of benzene rings is 2. The SMILES string of the molecule is Cc1cc(NC(=O)CN2C(=O)c3cc(Cl)c(Cl)cc3C2=O)n(-c2ccc([N+](=O)[O-])cc2)n1. The number of nitro benzene ring substituents is 1. The fourth-order valence-corrected chi connectivity index (χ4v) is 3.58. The van der Waals surface area contributed by atoms with Crippen molar-refractivity contribution in [2.24, 2.45) is 0 Å². The number of carbonyl (C=O) groups excluding carboxylic acids is 3. The zero-order valence-corrected chi connectivity index (χ0v) is 17.8. The molecule has 1 aliphatic rings. The van der Waals surface area contributed by atoms with Crippen molar-refractivity contribution in [2.45, 2.75) is 6.92 Å². The Kier molecular flexibility index (Phi) is 5.41. The first-order valence-electron chi connectivity index (χ1n) is 9.12. The van der Waals surface area contributed by atoms with Gasteiger partial charge in [0.25, 0.3) is 17.5 Å². The van der Waals surface area contributed by atoms with Gasteiger partial charge in [0, 0.05) is 18.2 Å². The number of halogens is 2. The third kappa shape index (κ3) is 3.81. The number of carbonyl (C=O) groups is 3. The number of nitrogens with zero attached hydrogens (tertiary/aromatic N) is 4. The van der Waals surface area contributed by atoms with Crippen molar-refractivity contribution in [3.8, 4) is 5.69 Å². The third-order valence-corrected chi connectivity index (χ3v) is 5.44. The van der Waals surface area contributed by atoms with Crippen LogP contribution in [-0.4, -0.2) is 43.9 Å². The fraction of sp³-hybridized carbons (Fsp3) is 0.100. The molecule has 4 rings (SSSR count). The average molecular weight is 474 g/mol. The number of rotatable bonds is 5. The van der Waals surface area contributed by atoms with Gasteiger partial charge in [-0.15, -0.1) is 0 Å². The first-order chi connectivity index (χ1) is 15.2. The minimum absolute atomic E-state index is 0.0731. The molecule has 12 heteroatoms. The summed E-state index contributed by atoms with van der Waals surface area (Å²) in [5, 5.41) is 18.0. The van der Waals surface area contributed by atoms with Crippen molar-refractivity contribution in [1.29, 1.82) is 0 Å². The number of hydrogen-bond donors (Lipinski definition) is 1. The molecule has 2 heterocycles. The highest BCUT2D eigenvalue weighted by atomic mass is 35.5. The van der Waals surface area contributed by atoms with Crippen molar-refractivity contribution in [3.05, 3.63) is 79.4 Å². The molecule has 3 aromatic rings. The lowest BCUT2D eigenvalue weighted by Crippen LogP contribution is -2.37. The van der Waals surface area contributed by atoms with Gasteiger partial charge in [-0.1, -0.05) is 23.2 Å². The normalized spacial score (nSPS) is 12.8. The number of fused-ring (bicyclic) bond motifs is 1. The number of nitro groups is 1. The third-order valence-electron chi connectivity index (χ3n) is 4.72. The Morgan fingerprint density at radius 2 is 1.62 bits per heavy atom. The average Bonchev–Trinajstić information content (AvgIpc) is 3.21. The molecule has 32 heavy (non-hydrogen) atoms. The molecule has 0 radical (unpaired) electrons. The van der Waals surface area contributed by atoms with Gasteiger partial charge in [-0.3, -0.25) is 29.4 Å². The first kappa shape index (κ1) is 21.5. The molecule has 0 unspecified atom stereocenters. The van der Waals surface area contributed by atoms with Gasteiger partial charge in [-0.05, 0) is 31.2 Å². The molecule has 162 valence electrons. The summed E-state index contributed by atoms with van der Waals surface area (Å²) in [4.78, 5) is 48.9. The van der Waals surface area contributed by atoms with E-state index in [1.165, 1.54) is 41.1 Å². The molecule has 10 nitrogen and oxygen atoms in total. The van der Waals surface area contributed by atoms with Crippen molar-refractivity contribution in [1.82, 2.24) is 14.7 Å². The van der Waals surface area contributed by atoms with E-state index < -0.39 is 29.2 Å². The van der Waals surface area contributed by atoms with E-state index in [0.717, 1.165) is 4.90 Å². The smallest absolute Gasteiger partial charge is 0.269 e. The monoisotopic (exact) mass is 473 g/mol. The summed E-state index contributed by atoms with van der Waals surface area (Å²) in [6, 6.07) is 9.77. The van der Waals surface area contributed by atoms with Crippen LogP contribution in [0.3, 0.4) is 0 Å². The molecular formula is C20H13Cl2N5O5. The number of imide groups is 1. The molecular weight excluding hydrogens is 461 g/mol. The van der Waals surface area contributed by atoms with Crippen molar-refractivity contribution < 1.29 is 19.3 Å². The van der Waals surface area contributed by atoms with Crippen LogP contribution in [0.2, 0.25) is 10.0 Å². The van der Waals surface area contributed by atoms with Crippen LogP contribution in [0, 0.1) is 17.0 Å². The van der Waals surface area contributed by atoms with E-state index in [0.29, 0.717) is 11.4 Å². The van der Waals surface area contributed by atoms with Crippen LogP contribution in [0.4, 0.5) is 11.5 Å². The first-order valence-corrected chi connectivity index (χ1v) is 9.88. The Hall–Kier alpha value is -3.76. The van der Waals surface area contributed by atoms with Crippen LogP contribution < -0.4 is 5.32 Å². The Bertz CT molecular complexity index is 1260. The van der Waals surface area contributed by atoms with Gasteiger partial charge in [0.1, 0.15) is 12.4 Å². The minimum atomic E-state index is -0.654. The summed E-state index contributed by atoms with van der Waals surface area (Å²) >= 11 is 11.9. The second-order valence-electron chi connectivity index (χ2n) is 6.91. The van der Waals surface area contributed by atoms with E-state index in [2.05, 4.69) is 10.4 Å². The fourth-order valence-electron chi connectivity index (χ4n) is 3.25. The number of anilines is 1. The topological polar surface area (TPSA) is 127 Å². The molecule has 0 saturated carbocycles. The second kappa shape index (κ2) is 8.06. The molecule has 1 aromatic heterocycles. The summed E-state index contributed by atoms with van der Waals surface area (Å²) in [7, 11) is 0. The summed E-state index contributed by atoms with van der Waals surface area (Å²) in [5.41, 5.74) is 1.11. The van der Waals surface area contributed by atoms with E-state index in [9.17, 15) is 24.5 Å². The number of hydrogen-bond acceptors (Lipinski definition) is 6. The summed E-state index contributed by atoms with van der Waals surface area (Å²) in [6.07, 6.45) is 0. The number of amides is 3. The number of non-ortho nitro benzene ring substituents is 1. The zero-order valence-electron chi connectivity index (χ0n) is 16.3. The highest BCUT2D eigenvalue weighted by molar-refractivity contribution is 6.43. The number of nitrogens with one attached hydrogen (secondary N) is 1. The van der Waals surface area contributed by atoms with E-state index in [1.807, 2.05) is 0 Å². The van der Waals surface area contributed by atoms with Crippen LogP contribution in [-0.2, 0) is 4.79 Å². The molecule has 3 amide bonds. The standard InChI is InChI=1S/C20H13Cl2N5O5/c1-10-6-17(26(24-10)11-2-4-12(5-3-11)27(31)32)23-18(28)9-25-19(29)13-7-15(21)16(22)8-14(13)20(25)30/h2-8H,9H2,1H3,(H,23,28). The Labute approximate surface area is 190 Å². The Morgan fingerprint density at radius 1 is 1.06 bits per heavy atom. The molecule has 0 bridgehead atoms. The van der Waals surface area contributed by atoms with Crippen LogP contribution >= 0.6 is 23.2 Å². The van der Waals surface area contributed by atoms with Gasteiger partial charge in [0.05, 0.1) is 37.5 Å². The van der Waals surface area contributed by atoms with E-state index in [4.69, 9.17) is 23.2 Å². The van der Waals surface area contributed by atoms with Crippen LogP contribution in [0.5, 0.6) is 0 Å². The van der Waals surface area contributed by atoms with Gasteiger partial charge in [0.15, 0.2) is 0 Å². The quantitative estimate of drug-likeness (QED) is 0.342. The zero-order chi connectivity index (χ0) is 23.2. The van der Waals surface area contributed by atoms with Gasteiger partial charge in [0.2, 0.25) is 5.91 Å². The highest BCUT2D eigenvalue weighted by Crippen LogP contribution is 2.31. The van der Waals surface area contributed by atoms with Crippen LogP contribution in [0.15, 0.2) is 42.5 Å². The lowest BCUT2D eigenvalue weighted by molar-refractivity contribution is -0.384. The van der Waals surface area contributed by atoms with Gasteiger partial charge in [-0.25, -0.2) is 4.68 Å². The van der Waals surface area contributed by atoms with Crippen molar-refractivity contribution >= 4 is 52.4 Å². The predicted octanol–water partition coefficient (Wildman–Crippen LogP) is 3.63. The number of aryl methyl sites for hydroxylation is 1. The van der Waals surface area contributed by atoms with Crippen LogP contribution in [0.1, 0.15) is 26.4 Å². The van der Waals surface area contributed by atoms with E-state index >= 15 is 0 Å². The molecule has 1 aliphatic heterocycles. The minimum Gasteiger partial charge on any atom is -0.309 e. The largest absolute Gasteiger partial charge is 0.309 e. The summed E-state index contributed by atoms with van der Waals surface area (Å²) in [5.74, 6) is -1.68. The lowest BCUT2D eigenvalue weighted by Gasteiger charge is -2.14. The maximum absolute atomic E-state index is 12.6. The second-order valence-corrected chi connectivity index (χ2v) is 7.73. The van der Waals surface area contributed by atoms with E-state index in [1.54, 1.807) is 13.0 Å².